The van der Waals surface area contributed by atoms with Gasteiger partial charge in [-0.3, -0.25) is 4.79 Å². The SMILES string of the molecule is CCOC(=O)C1(NC(=O)c2ccc(Cl)c(S(=O)(=O)N3CCOCC3)c2)CCCCC1. The lowest BCUT2D eigenvalue weighted by Gasteiger charge is -2.35. The largest absolute Gasteiger partial charge is 0.464 e. The van der Waals surface area contributed by atoms with E-state index in [2.05, 4.69) is 5.32 Å². The number of benzene rings is 1. The third-order valence-electron chi connectivity index (χ3n) is 5.51. The van der Waals surface area contributed by atoms with E-state index in [1.54, 1.807) is 6.92 Å². The monoisotopic (exact) mass is 458 g/mol. The summed E-state index contributed by atoms with van der Waals surface area (Å²) in [6, 6.07) is 4.11. The quantitative estimate of drug-likeness (QED) is 0.656. The maximum Gasteiger partial charge on any atom is 0.331 e. The molecule has 166 valence electrons. The normalized spacial score (nSPS) is 19.8. The number of morpholine rings is 1. The lowest BCUT2D eigenvalue weighted by atomic mass is 9.81. The molecule has 1 saturated heterocycles. The molecule has 1 aromatic rings. The van der Waals surface area contributed by atoms with Gasteiger partial charge in [-0.1, -0.05) is 30.9 Å². The molecule has 30 heavy (non-hydrogen) atoms. The Labute approximate surface area is 181 Å². The van der Waals surface area contributed by atoms with Crippen LogP contribution >= 0.6 is 11.6 Å². The predicted octanol–water partition coefficient (Wildman–Crippen LogP) is 2.36. The van der Waals surface area contributed by atoms with Gasteiger partial charge in [0.2, 0.25) is 10.0 Å². The van der Waals surface area contributed by atoms with Gasteiger partial charge < -0.3 is 14.8 Å². The van der Waals surface area contributed by atoms with E-state index in [1.165, 1.54) is 22.5 Å². The molecule has 8 nitrogen and oxygen atoms in total. The summed E-state index contributed by atoms with van der Waals surface area (Å²) in [6.07, 6.45) is 3.57. The molecule has 1 aromatic carbocycles. The number of esters is 1. The van der Waals surface area contributed by atoms with Crippen molar-refractivity contribution in [2.75, 3.05) is 32.9 Å². The Balaban J connectivity index is 1.87. The predicted molar refractivity (Wildman–Crippen MR) is 111 cm³/mol. The van der Waals surface area contributed by atoms with Gasteiger partial charge in [-0.25, -0.2) is 13.2 Å². The van der Waals surface area contributed by atoms with Crippen molar-refractivity contribution in [2.24, 2.45) is 0 Å². The van der Waals surface area contributed by atoms with E-state index >= 15 is 0 Å². The highest BCUT2D eigenvalue weighted by Gasteiger charge is 2.42. The Morgan fingerprint density at radius 1 is 1.20 bits per heavy atom. The Morgan fingerprint density at radius 2 is 1.87 bits per heavy atom. The van der Waals surface area contributed by atoms with Crippen LogP contribution < -0.4 is 5.32 Å². The number of sulfonamides is 1. The van der Waals surface area contributed by atoms with Crippen molar-refractivity contribution >= 4 is 33.5 Å². The zero-order valence-corrected chi connectivity index (χ0v) is 18.6. The van der Waals surface area contributed by atoms with Gasteiger partial charge in [-0.05, 0) is 38.0 Å². The minimum Gasteiger partial charge on any atom is -0.464 e. The lowest BCUT2D eigenvalue weighted by molar-refractivity contribution is -0.152. The molecule has 0 unspecified atom stereocenters. The first-order valence-electron chi connectivity index (χ1n) is 10.2. The van der Waals surface area contributed by atoms with E-state index in [9.17, 15) is 18.0 Å². The van der Waals surface area contributed by atoms with Crippen LogP contribution in [0.5, 0.6) is 0 Å². The van der Waals surface area contributed by atoms with E-state index in [0.717, 1.165) is 19.3 Å². The van der Waals surface area contributed by atoms with Crippen molar-refractivity contribution in [3.63, 3.8) is 0 Å². The highest BCUT2D eigenvalue weighted by molar-refractivity contribution is 7.89. The number of amides is 1. The molecule has 2 aliphatic rings. The van der Waals surface area contributed by atoms with Crippen molar-refractivity contribution in [1.82, 2.24) is 9.62 Å². The summed E-state index contributed by atoms with van der Waals surface area (Å²) in [7, 11) is -3.87. The van der Waals surface area contributed by atoms with Crippen LogP contribution in [0.3, 0.4) is 0 Å². The summed E-state index contributed by atoms with van der Waals surface area (Å²) in [4.78, 5) is 25.5. The van der Waals surface area contributed by atoms with Gasteiger partial charge in [0.15, 0.2) is 0 Å². The molecular formula is C20H27ClN2O6S. The zero-order chi connectivity index (χ0) is 21.8. The molecule has 0 atom stereocenters. The maximum atomic E-state index is 13.0. The Morgan fingerprint density at radius 3 is 2.50 bits per heavy atom. The summed E-state index contributed by atoms with van der Waals surface area (Å²) in [5, 5.41) is 2.86. The first kappa shape index (κ1) is 23.0. The molecule has 1 amide bonds. The number of hydrogen-bond acceptors (Lipinski definition) is 6. The van der Waals surface area contributed by atoms with Crippen molar-refractivity contribution in [3.8, 4) is 0 Å². The molecule has 1 heterocycles. The minimum absolute atomic E-state index is 0.0378. The van der Waals surface area contributed by atoms with Crippen LogP contribution in [0.15, 0.2) is 23.1 Å². The molecule has 1 saturated carbocycles. The van der Waals surface area contributed by atoms with Gasteiger partial charge in [-0.15, -0.1) is 0 Å². The van der Waals surface area contributed by atoms with Gasteiger partial charge in [0.05, 0.1) is 24.8 Å². The number of hydrogen-bond donors (Lipinski definition) is 1. The van der Waals surface area contributed by atoms with E-state index < -0.39 is 27.4 Å². The van der Waals surface area contributed by atoms with Crippen LogP contribution in [-0.4, -0.2) is 63.0 Å². The van der Waals surface area contributed by atoms with Gasteiger partial charge in [0, 0.05) is 18.7 Å². The topological polar surface area (TPSA) is 102 Å². The molecule has 0 aromatic heterocycles. The van der Waals surface area contributed by atoms with E-state index in [4.69, 9.17) is 21.1 Å². The van der Waals surface area contributed by atoms with Gasteiger partial charge in [0.1, 0.15) is 10.4 Å². The minimum atomic E-state index is -3.87. The lowest BCUT2D eigenvalue weighted by Crippen LogP contribution is -2.56. The van der Waals surface area contributed by atoms with Crippen LogP contribution in [0.1, 0.15) is 49.4 Å². The highest BCUT2D eigenvalue weighted by Crippen LogP contribution is 2.31. The van der Waals surface area contributed by atoms with Gasteiger partial charge >= 0.3 is 5.97 Å². The number of halogens is 1. The van der Waals surface area contributed by atoms with Crippen molar-refractivity contribution in [2.45, 2.75) is 49.5 Å². The Hall–Kier alpha value is -1.68. The van der Waals surface area contributed by atoms with E-state index in [0.29, 0.717) is 26.1 Å². The fourth-order valence-corrected chi connectivity index (χ4v) is 5.77. The Bertz CT molecular complexity index is 893. The molecule has 1 N–H and O–H groups in total. The fraction of sp³-hybridized carbons (Fsp3) is 0.600. The van der Waals surface area contributed by atoms with E-state index in [-0.39, 0.29) is 35.2 Å². The molecule has 10 heteroatoms. The standard InChI is InChI=1S/C20H27ClN2O6S/c1-2-29-19(25)20(8-4-3-5-9-20)22-18(24)15-6-7-16(21)17(14-15)30(26,27)23-10-12-28-13-11-23/h6-7,14H,2-5,8-13H2,1H3,(H,22,24). The number of carbonyl (C=O) groups excluding carboxylic acids is 2. The van der Waals surface area contributed by atoms with Crippen LogP contribution in [0.2, 0.25) is 5.02 Å². The fourth-order valence-electron chi connectivity index (χ4n) is 3.86. The van der Waals surface area contributed by atoms with Crippen LogP contribution in [0.4, 0.5) is 0 Å². The molecule has 0 radical (unpaired) electrons. The molecule has 0 spiro atoms. The maximum absolute atomic E-state index is 13.0. The first-order valence-corrected chi connectivity index (χ1v) is 12.0. The first-order chi connectivity index (χ1) is 14.3. The van der Waals surface area contributed by atoms with Gasteiger partial charge in [-0.2, -0.15) is 4.31 Å². The Kier molecular flexibility index (Phi) is 7.38. The molecule has 0 bridgehead atoms. The number of nitrogens with zero attached hydrogens (tertiary/aromatic N) is 1. The number of ether oxygens (including phenoxy) is 2. The average molecular weight is 459 g/mol. The van der Waals surface area contributed by atoms with Crippen LogP contribution in [-0.2, 0) is 24.3 Å². The second-order valence-electron chi connectivity index (χ2n) is 7.48. The van der Waals surface area contributed by atoms with Crippen LogP contribution in [0, 0.1) is 0 Å². The molecular weight excluding hydrogens is 432 g/mol. The summed E-state index contributed by atoms with van der Waals surface area (Å²) in [5.74, 6) is -0.978. The summed E-state index contributed by atoms with van der Waals surface area (Å²) in [5.41, 5.74) is -0.964. The number of carbonyl (C=O) groups is 2. The number of nitrogens with one attached hydrogen (secondary N) is 1. The molecule has 3 rings (SSSR count). The zero-order valence-electron chi connectivity index (χ0n) is 17.0. The second-order valence-corrected chi connectivity index (χ2v) is 9.79. The third kappa shape index (κ3) is 4.80. The third-order valence-corrected chi connectivity index (χ3v) is 7.89. The van der Waals surface area contributed by atoms with Crippen LogP contribution in [0.25, 0.3) is 0 Å². The summed E-state index contributed by atoms with van der Waals surface area (Å²) in [6.45, 7) is 3.00. The smallest absolute Gasteiger partial charge is 0.331 e. The number of rotatable bonds is 6. The molecule has 1 aliphatic heterocycles. The average Bonchev–Trinajstić information content (AvgIpc) is 2.75. The molecule has 2 fully saturated rings. The van der Waals surface area contributed by atoms with Crippen molar-refractivity contribution in [1.29, 1.82) is 0 Å². The van der Waals surface area contributed by atoms with Gasteiger partial charge in [0.25, 0.3) is 5.91 Å². The summed E-state index contributed by atoms with van der Waals surface area (Å²) < 4.78 is 37.7. The van der Waals surface area contributed by atoms with Crippen molar-refractivity contribution < 1.29 is 27.5 Å². The second kappa shape index (κ2) is 9.64. The van der Waals surface area contributed by atoms with E-state index in [1.807, 2.05) is 0 Å². The van der Waals surface area contributed by atoms with Crippen molar-refractivity contribution in [3.05, 3.63) is 28.8 Å². The molecule has 1 aliphatic carbocycles. The highest BCUT2D eigenvalue weighted by atomic mass is 35.5. The summed E-state index contributed by atoms with van der Waals surface area (Å²) >= 11 is 6.17.